The molecule has 0 aromatic heterocycles. The Bertz CT molecular complexity index is 209. The molecule has 1 saturated carbocycles. The van der Waals surface area contributed by atoms with Crippen LogP contribution in [0.25, 0.3) is 0 Å². The zero-order valence-electron chi connectivity index (χ0n) is 8.45. The van der Waals surface area contributed by atoms with E-state index in [0.717, 1.165) is 45.0 Å². The van der Waals surface area contributed by atoms with Crippen LogP contribution in [0.5, 0.6) is 0 Å². The van der Waals surface area contributed by atoms with Gasteiger partial charge in [0.2, 0.25) is 0 Å². The minimum absolute atomic E-state index is 0.139. The number of hydrogen-bond acceptors (Lipinski definition) is 3. The molecule has 2 aliphatic rings. The van der Waals surface area contributed by atoms with Crippen LogP contribution in [0.1, 0.15) is 32.1 Å². The van der Waals surface area contributed by atoms with E-state index in [4.69, 9.17) is 4.74 Å². The third kappa shape index (κ3) is 1.59. The highest BCUT2D eigenvalue weighted by atomic mass is 16.5. The minimum Gasteiger partial charge on any atom is -0.393 e. The molecule has 3 nitrogen and oxygen atoms in total. The molecule has 1 aliphatic heterocycles. The maximum Gasteiger partial charge on any atom is 0.128 e. The number of aldehydes is 1. The third-order valence-corrected chi connectivity index (χ3v) is 3.75. The molecule has 3 heteroatoms. The molecule has 1 saturated heterocycles. The Kier molecular flexibility index (Phi) is 2.88. The number of hydrogen-bond donors (Lipinski definition) is 1. The van der Waals surface area contributed by atoms with E-state index in [-0.39, 0.29) is 17.4 Å². The molecule has 0 aromatic carbocycles. The second kappa shape index (κ2) is 3.99. The number of rotatable bonds is 2. The first-order chi connectivity index (χ1) is 6.78. The van der Waals surface area contributed by atoms with Crippen LogP contribution in [0.2, 0.25) is 0 Å². The Labute approximate surface area is 84.4 Å². The van der Waals surface area contributed by atoms with Gasteiger partial charge in [-0.1, -0.05) is 6.42 Å². The lowest BCUT2D eigenvalue weighted by atomic mass is 9.71. The van der Waals surface area contributed by atoms with Crippen LogP contribution < -0.4 is 0 Å². The summed E-state index contributed by atoms with van der Waals surface area (Å²) in [5.41, 5.74) is -0.381. The van der Waals surface area contributed by atoms with E-state index >= 15 is 0 Å². The lowest BCUT2D eigenvalue weighted by molar-refractivity contribution is -0.133. The minimum atomic E-state index is -0.381. The van der Waals surface area contributed by atoms with Crippen LogP contribution in [-0.2, 0) is 9.53 Å². The summed E-state index contributed by atoms with van der Waals surface area (Å²) in [7, 11) is 0. The Morgan fingerprint density at radius 3 is 2.71 bits per heavy atom. The predicted molar refractivity (Wildman–Crippen MR) is 51.9 cm³/mol. The SMILES string of the molecule is O=CC1(C2CCCC2O)CCCOC1. The second-order valence-electron chi connectivity index (χ2n) is 4.61. The van der Waals surface area contributed by atoms with E-state index < -0.39 is 0 Å². The molecular weight excluding hydrogens is 180 g/mol. The Balaban J connectivity index is 2.13. The average Bonchev–Trinajstić information content (AvgIpc) is 2.66. The van der Waals surface area contributed by atoms with Gasteiger partial charge in [0.05, 0.1) is 18.1 Å². The summed E-state index contributed by atoms with van der Waals surface area (Å²) in [5, 5.41) is 9.82. The van der Waals surface area contributed by atoms with Crippen molar-refractivity contribution in [1.29, 1.82) is 0 Å². The van der Waals surface area contributed by atoms with E-state index in [1.54, 1.807) is 0 Å². The van der Waals surface area contributed by atoms with E-state index in [9.17, 15) is 9.90 Å². The first kappa shape index (κ1) is 10.1. The highest BCUT2D eigenvalue weighted by molar-refractivity contribution is 5.60. The van der Waals surface area contributed by atoms with Crippen molar-refractivity contribution in [1.82, 2.24) is 0 Å². The van der Waals surface area contributed by atoms with Gasteiger partial charge in [-0.05, 0) is 31.6 Å². The van der Waals surface area contributed by atoms with Gasteiger partial charge >= 0.3 is 0 Å². The maximum atomic E-state index is 11.2. The van der Waals surface area contributed by atoms with E-state index in [1.807, 2.05) is 0 Å². The van der Waals surface area contributed by atoms with Crippen molar-refractivity contribution in [2.45, 2.75) is 38.2 Å². The van der Waals surface area contributed by atoms with Gasteiger partial charge in [0.25, 0.3) is 0 Å². The van der Waals surface area contributed by atoms with Gasteiger partial charge in [0.1, 0.15) is 6.29 Å². The molecule has 14 heavy (non-hydrogen) atoms. The zero-order valence-corrected chi connectivity index (χ0v) is 8.45. The van der Waals surface area contributed by atoms with Gasteiger partial charge in [-0.2, -0.15) is 0 Å². The monoisotopic (exact) mass is 198 g/mol. The van der Waals surface area contributed by atoms with Crippen molar-refractivity contribution in [3.05, 3.63) is 0 Å². The van der Waals surface area contributed by atoms with E-state index in [1.165, 1.54) is 0 Å². The van der Waals surface area contributed by atoms with Gasteiger partial charge in [0, 0.05) is 6.61 Å². The fraction of sp³-hybridized carbons (Fsp3) is 0.909. The Morgan fingerprint density at radius 2 is 2.21 bits per heavy atom. The highest BCUT2D eigenvalue weighted by Crippen LogP contribution is 2.43. The molecule has 3 unspecified atom stereocenters. The lowest BCUT2D eigenvalue weighted by Gasteiger charge is -2.38. The third-order valence-electron chi connectivity index (χ3n) is 3.75. The summed E-state index contributed by atoms with van der Waals surface area (Å²) in [6, 6.07) is 0. The molecule has 1 aliphatic carbocycles. The van der Waals surface area contributed by atoms with Gasteiger partial charge in [-0.25, -0.2) is 0 Å². The summed E-state index contributed by atoms with van der Waals surface area (Å²) < 4.78 is 5.39. The van der Waals surface area contributed by atoms with Crippen molar-refractivity contribution in [2.24, 2.45) is 11.3 Å². The topological polar surface area (TPSA) is 46.5 Å². The smallest absolute Gasteiger partial charge is 0.128 e. The molecule has 1 heterocycles. The fourth-order valence-electron chi connectivity index (χ4n) is 2.92. The molecular formula is C11H18O3. The molecule has 1 N–H and O–H groups in total. The normalized spacial score (nSPS) is 43.8. The van der Waals surface area contributed by atoms with Gasteiger partial charge in [-0.15, -0.1) is 0 Å². The molecule has 3 atom stereocenters. The summed E-state index contributed by atoms with van der Waals surface area (Å²) in [6.07, 6.45) is 5.44. The molecule has 80 valence electrons. The summed E-state index contributed by atoms with van der Waals surface area (Å²) in [4.78, 5) is 11.2. The number of carbonyl (C=O) groups excluding carboxylic acids is 1. The van der Waals surface area contributed by atoms with Gasteiger partial charge in [-0.3, -0.25) is 0 Å². The van der Waals surface area contributed by atoms with Crippen LogP contribution in [0, 0.1) is 11.3 Å². The van der Waals surface area contributed by atoms with Crippen LogP contribution in [0.15, 0.2) is 0 Å². The fourth-order valence-corrected chi connectivity index (χ4v) is 2.92. The summed E-state index contributed by atoms with van der Waals surface area (Å²) in [5.74, 6) is 0.139. The Hall–Kier alpha value is -0.410. The largest absolute Gasteiger partial charge is 0.393 e. The Morgan fingerprint density at radius 1 is 1.36 bits per heavy atom. The molecule has 0 spiro atoms. The van der Waals surface area contributed by atoms with E-state index in [2.05, 4.69) is 0 Å². The van der Waals surface area contributed by atoms with Crippen LogP contribution in [-0.4, -0.2) is 30.7 Å². The van der Waals surface area contributed by atoms with Crippen LogP contribution >= 0.6 is 0 Å². The maximum absolute atomic E-state index is 11.2. The first-order valence-electron chi connectivity index (χ1n) is 5.51. The quantitative estimate of drug-likeness (QED) is 0.677. The number of aliphatic hydroxyl groups is 1. The lowest BCUT2D eigenvalue weighted by Crippen LogP contribution is -2.43. The van der Waals surface area contributed by atoms with Crippen molar-refractivity contribution in [2.75, 3.05) is 13.2 Å². The predicted octanol–water partition coefficient (Wildman–Crippen LogP) is 1.14. The van der Waals surface area contributed by atoms with Gasteiger partial charge < -0.3 is 14.6 Å². The average molecular weight is 198 g/mol. The molecule has 0 bridgehead atoms. The number of carbonyl (C=O) groups is 1. The summed E-state index contributed by atoms with van der Waals surface area (Å²) >= 11 is 0. The standard InChI is InChI=1S/C11H18O3/c12-7-11(5-2-6-14-8-11)9-3-1-4-10(9)13/h7,9-10,13H,1-6,8H2. The summed E-state index contributed by atoms with van der Waals surface area (Å²) in [6.45, 7) is 1.27. The van der Waals surface area contributed by atoms with Crippen LogP contribution in [0.4, 0.5) is 0 Å². The van der Waals surface area contributed by atoms with E-state index in [0.29, 0.717) is 6.61 Å². The van der Waals surface area contributed by atoms with Crippen molar-refractivity contribution in [3.8, 4) is 0 Å². The zero-order chi connectivity index (χ0) is 10.0. The number of ether oxygens (including phenoxy) is 1. The second-order valence-corrected chi connectivity index (χ2v) is 4.61. The molecule has 0 radical (unpaired) electrons. The number of aliphatic hydroxyl groups excluding tert-OH is 1. The van der Waals surface area contributed by atoms with Crippen molar-refractivity contribution in [3.63, 3.8) is 0 Å². The van der Waals surface area contributed by atoms with Crippen molar-refractivity contribution < 1.29 is 14.6 Å². The van der Waals surface area contributed by atoms with Gasteiger partial charge in [0.15, 0.2) is 0 Å². The molecule has 2 fully saturated rings. The van der Waals surface area contributed by atoms with Crippen molar-refractivity contribution >= 4 is 6.29 Å². The molecule has 2 rings (SSSR count). The van der Waals surface area contributed by atoms with Crippen LogP contribution in [0.3, 0.4) is 0 Å². The first-order valence-corrected chi connectivity index (χ1v) is 5.51. The molecule has 0 aromatic rings. The molecule has 0 amide bonds. The highest BCUT2D eigenvalue weighted by Gasteiger charge is 2.45.